The average molecular weight is 182 g/mol. The third-order valence-corrected chi connectivity index (χ3v) is 1.73. The van der Waals surface area contributed by atoms with E-state index in [4.69, 9.17) is 23.2 Å². The van der Waals surface area contributed by atoms with Crippen molar-refractivity contribution in [2.24, 2.45) is 0 Å². The first-order chi connectivity index (χ1) is 5.08. The summed E-state index contributed by atoms with van der Waals surface area (Å²) in [4.78, 5) is 9.00. The summed E-state index contributed by atoms with van der Waals surface area (Å²) in [5.41, 5.74) is 0. The van der Waals surface area contributed by atoms with Crippen LogP contribution in [0.1, 0.15) is 6.92 Å². The second-order valence-corrected chi connectivity index (χ2v) is 3.51. The Morgan fingerprint density at radius 3 is 1.36 bits per heavy atom. The van der Waals surface area contributed by atoms with Gasteiger partial charge in [0.1, 0.15) is 0 Å². The summed E-state index contributed by atoms with van der Waals surface area (Å²) in [5, 5.41) is 7.42. The van der Waals surface area contributed by atoms with Crippen LogP contribution in [0, 0.1) is 0 Å². The SMILES string of the molecule is CC(=O)O.CO[SiH](OC)OC. The van der Waals surface area contributed by atoms with Gasteiger partial charge in [0.05, 0.1) is 0 Å². The molecule has 0 aliphatic heterocycles. The molecule has 0 saturated carbocycles. The molecule has 0 amide bonds. The van der Waals surface area contributed by atoms with Crippen LogP contribution in [0.5, 0.6) is 0 Å². The number of carbonyl (C=O) groups is 1. The Labute approximate surface area is 67.8 Å². The first-order valence-electron chi connectivity index (χ1n) is 2.86. The van der Waals surface area contributed by atoms with E-state index in [-0.39, 0.29) is 0 Å². The van der Waals surface area contributed by atoms with Gasteiger partial charge >= 0.3 is 9.53 Å². The van der Waals surface area contributed by atoms with E-state index in [9.17, 15) is 0 Å². The van der Waals surface area contributed by atoms with Gasteiger partial charge in [0.15, 0.2) is 0 Å². The van der Waals surface area contributed by atoms with Crippen molar-refractivity contribution < 1.29 is 23.2 Å². The Morgan fingerprint density at radius 1 is 1.18 bits per heavy atom. The molecule has 0 aliphatic carbocycles. The largest absolute Gasteiger partial charge is 0.483 e. The van der Waals surface area contributed by atoms with Crippen molar-refractivity contribution in [3.05, 3.63) is 0 Å². The molecular formula is C5H14O5Si. The summed E-state index contributed by atoms with van der Waals surface area (Å²) < 4.78 is 14.2. The fourth-order valence-electron chi connectivity index (χ4n) is 0.289. The highest BCUT2D eigenvalue weighted by molar-refractivity contribution is 6.36. The van der Waals surface area contributed by atoms with E-state index in [0.29, 0.717) is 0 Å². The molecule has 0 rings (SSSR count). The van der Waals surface area contributed by atoms with Gasteiger partial charge in [0.2, 0.25) is 0 Å². The van der Waals surface area contributed by atoms with Crippen molar-refractivity contribution >= 4 is 15.5 Å². The first-order valence-corrected chi connectivity index (χ1v) is 4.27. The van der Waals surface area contributed by atoms with Crippen molar-refractivity contribution in [2.75, 3.05) is 21.3 Å². The molecule has 0 radical (unpaired) electrons. The van der Waals surface area contributed by atoms with Crippen LogP contribution in [0.15, 0.2) is 0 Å². The zero-order valence-corrected chi connectivity index (χ0v) is 8.31. The minimum absolute atomic E-state index is 0.833. The lowest BCUT2D eigenvalue weighted by molar-refractivity contribution is -0.134. The molecule has 0 aromatic heterocycles. The average Bonchev–Trinajstić information content (AvgIpc) is 1.90. The van der Waals surface area contributed by atoms with E-state index in [1.807, 2.05) is 0 Å². The number of carboxylic acid groups (broad SMARTS) is 1. The van der Waals surface area contributed by atoms with Gasteiger partial charge in [-0.25, -0.2) is 0 Å². The van der Waals surface area contributed by atoms with Gasteiger partial charge in [0.25, 0.3) is 5.97 Å². The lowest BCUT2D eigenvalue weighted by Gasteiger charge is -2.05. The fourth-order valence-corrected chi connectivity index (χ4v) is 0.866. The molecule has 0 heterocycles. The molecule has 0 aromatic carbocycles. The van der Waals surface area contributed by atoms with Crippen molar-refractivity contribution in [2.45, 2.75) is 6.92 Å². The van der Waals surface area contributed by atoms with Gasteiger partial charge in [-0.15, -0.1) is 0 Å². The van der Waals surface area contributed by atoms with Crippen molar-refractivity contribution in [1.82, 2.24) is 0 Å². The van der Waals surface area contributed by atoms with Crippen LogP contribution in [-0.4, -0.2) is 41.9 Å². The summed E-state index contributed by atoms with van der Waals surface area (Å²) in [6.07, 6.45) is 0. The van der Waals surface area contributed by atoms with Crippen LogP contribution in [0.25, 0.3) is 0 Å². The Balaban J connectivity index is 0. The summed E-state index contributed by atoms with van der Waals surface area (Å²) in [7, 11) is 3.05. The van der Waals surface area contributed by atoms with Crippen LogP contribution in [0.2, 0.25) is 0 Å². The molecule has 0 saturated heterocycles. The van der Waals surface area contributed by atoms with Crippen LogP contribution in [0.3, 0.4) is 0 Å². The molecule has 5 nitrogen and oxygen atoms in total. The van der Waals surface area contributed by atoms with Crippen LogP contribution < -0.4 is 0 Å². The number of hydrogen-bond donors (Lipinski definition) is 1. The molecule has 68 valence electrons. The summed E-state index contributed by atoms with van der Waals surface area (Å²) in [6.45, 7) is 1.08. The highest BCUT2D eigenvalue weighted by atomic mass is 28.3. The zero-order valence-electron chi connectivity index (χ0n) is 7.16. The maximum absolute atomic E-state index is 9.00. The van der Waals surface area contributed by atoms with Crippen molar-refractivity contribution in [3.8, 4) is 0 Å². The standard InChI is InChI=1S/C3H10O3Si.C2H4O2/c1-4-7(5-2)6-3;1-2(3)4/h7H,1-3H3;1H3,(H,3,4). The zero-order chi connectivity index (χ0) is 9.28. The monoisotopic (exact) mass is 182 g/mol. The van der Waals surface area contributed by atoms with Crippen LogP contribution in [0.4, 0.5) is 0 Å². The van der Waals surface area contributed by atoms with Crippen LogP contribution >= 0.6 is 0 Å². The van der Waals surface area contributed by atoms with Crippen molar-refractivity contribution in [1.29, 1.82) is 0 Å². The highest BCUT2D eigenvalue weighted by Crippen LogP contribution is 1.81. The minimum Gasteiger partial charge on any atom is -0.481 e. The smallest absolute Gasteiger partial charge is 0.481 e. The Bertz CT molecular complexity index is 83.4. The molecule has 6 heteroatoms. The number of aliphatic carboxylic acids is 1. The molecule has 0 bridgehead atoms. The van der Waals surface area contributed by atoms with E-state index in [0.717, 1.165) is 6.92 Å². The predicted molar refractivity (Wildman–Crippen MR) is 41.5 cm³/mol. The normalized spacial score (nSPS) is 8.82. The van der Waals surface area contributed by atoms with Crippen molar-refractivity contribution in [3.63, 3.8) is 0 Å². The van der Waals surface area contributed by atoms with Gasteiger partial charge in [-0.1, -0.05) is 0 Å². The van der Waals surface area contributed by atoms with Gasteiger partial charge in [-0.05, 0) is 0 Å². The second-order valence-electron chi connectivity index (χ2n) is 1.51. The summed E-state index contributed by atoms with van der Waals surface area (Å²) in [5.74, 6) is -0.833. The molecule has 11 heavy (non-hydrogen) atoms. The number of rotatable bonds is 3. The van der Waals surface area contributed by atoms with Gasteiger partial charge in [0, 0.05) is 28.3 Å². The molecular weight excluding hydrogens is 168 g/mol. The lowest BCUT2D eigenvalue weighted by atomic mass is 10.9. The Hall–Kier alpha value is -0.433. The van der Waals surface area contributed by atoms with E-state index in [1.165, 1.54) is 0 Å². The highest BCUT2D eigenvalue weighted by Gasteiger charge is 2.04. The Kier molecular flexibility index (Phi) is 11.5. The first kappa shape index (κ1) is 13.2. The van der Waals surface area contributed by atoms with Gasteiger partial charge in [-0.3, -0.25) is 4.79 Å². The van der Waals surface area contributed by atoms with Gasteiger partial charge in [-0.2, -0.15) is 0 Å². The molecule has 0 fully saturated rings. The van der Waals surface area contributed by atoms with Crippen LogP contribution in [-0.2, 0) is 18.1 Å². The Morgan fingerprint density at radius 2 is 1.36 bits per heavy atom. The summed E-state index contributed by atoms with van der Waals surface area (Å²) >= 11 is 0. The molecule has 0 unspecified atom stereocenters. The predicted octanol–water partition coefficient (Wildman–Crippen LogP) is -0.266. The number of hydrogen-bond acceptors (Lipinski definition) is 4. The third kappa shape index (κ3) is 17.7. The van der Waals surface area contributed by atoms with E-state index in [2.05, 4.69) is 0 Å². The molecule has 0 atom stereocenters. The maximum atomic E-state index is 9.00. The molecule has 1 N–H and O–H groups in total. The summed E-state index contributed by atoms with van der Waals surface area (Å²) in [6, 6.07) is 0. The molecule has 0 aliphatic rings. The quantitative estimate of drug-likeness (QED) is 0.609. The second kappa shape index (κ2) is 9.57. The number of carboxylic acids is 1. The lowest BCUT2D eigenvalue weighted by Crippen LogP contribution is -2.21. The minimum atomic E-state index is -1.67. The fraction of sp³-hybridized carbons (Fsp3) is 0.800. The van der Waals surface area contributed by atoms with Gasteiger partial charge < -0.3 is 18.4 Å². The maximum Gasteiger partial charge on any atom is 0.483 e. The third-order valence-electron chi connectivity index (χ3n) is 0.577. The molecule has 0 aromatic rings. The van der Waals surface area contributed by atoms with E-state index < -0.39 is 15.5 Å². The van der Waals surface area contributed by atoms with E-state index in [1.54, 1.807) is 21.3 Å². The molecule has 0 spiro atoms. The van der Waals surface area contributed by atoms with E-state index >= 15 is 0 Å². The topological polar surface area (TPSA) is 65.0 Å².